The summed E-state index contributed by atoms with van der Waals surface area (Å²) in [5.41, 5.74) is 0. The number of carbonyl (C=O) groups excluding carboxylic acids is 1. The van der Waals surface area contributed by atoms with E-state index in [0.29, 0.717) is 24.4 Å². The van der Waals surface area contributed by atoms with Gasteiger partial charge < -0.3 is 10.4 Å². The van der Waals surface area contributed by atoms with Crippen LogP contribution in [0.3, 0.4) is 0 Å². The zero-order valence-electron chi connectivity index (χ0n) is 10.7. The SMILES string of the molecule is O=C(CCN1CC2CC3CC2C1C3O)NC1CC1. The van der Waals surface area contributed by atoms with Crippen molar-refractivity contribution in [2.75, 3.05) is 13.1 Å². The second-order valence-corrected chi connectivity index (χ2v) is 6.72. The molecule has 2 bridgehead atoms. The molecule has 4 fully saturated rings. The van der Waals surface area contributed by atoms with Crippen LogP contribution in [-0.2, 0) is 4.79 Å². The lowest BCUT2D eigenvalue weighted by atomic mass is 9.88. The van der Waals surface area contributed by atoms with E-state index in [1.54, 1.807) is 0 Å². The smallest absolute Gasteiger partial charge is 0.221 e. The number of fused-ring (bicyclic) bond motifs is 1. The largest absolute Gasteiger partial charge is 0.391 e. The fourth-order valence-electron chi connectivity index (χ4n) is 4.56. The lowest BCUT2D eigenvalue weighted by Gasteiger charge is -2.28. The number of carbonyl (C=O) groups is 1. The standard InChI is InChI=1S/C14H22N2O2/c17-12(15-10-1-2-10)3-4-16-7-9-5-8-6-11(9)13(16)14(8)18/h8-11,13-14,18H,1-7H2,(H,15,17). The van der Waals surface area contributed by atoms with Gasteiger partial charge in [-0.15, -0.1) is 0 Å². The van der Waals surface area contributed by atoms with Crippen LogP contribution in [-0.4, -0.2) is 47.2 Å². The molecule has 4 rings (SSSR count). The Labute approximate surface area is 108 Å². The third-order valence-electron chi connectivity index (χ3n) is 5.52. The summed E-state index contributed by atoms with van der Waals surface area (Å²) in [6.45, 7) is 1.94. The molecular weight excluding hydrogens is 228 g/mol. The van der Waals surface area contributed by atoms with Crippen molar-refractivity contribution >= 4 is 5.91 Å². The van der Waals surface area contributed by atoms with E-state index in [4.69, 9.17) is 0 Å². The van der Waals surface area contributed by atoms with Crippen molar-refractivity contribution in [1.82, 2.24) is 10.2 Å². The second-order valence-electron chi connectivity index (χ2n) is 6.72. The minimum Gasteiger partial charge on any atom is -0.391 e. The molecule has 3 aliphatic carbocycles. The van der Waals surface area contributed by atoms with Crippen molar-refractivity contribution in [2.24, 2.45) is 17.8 Å². The molecule has 1 amide bonds. The number of nitrogens with one attached hydrogen (secondary N) is 1. The fourth-order valence-corrected chi connectivity index (χ4v) is 4.56. The van der Waals surface area contributed by atoms with Crippen molar-refractivity contribution in [3.8, 4) is 0 Å². The fraction of sp³-hybridized carbons (Fsp3) is 0.929. The molecule has 2 N–H and O–H groups in total. The highest BCUT2D eigenvalue weighted by Gasteiger charge is 2.58. The van der Waals surface area contributed by atoms with E-state index in [-0.39, 0.29) is 12.0 Å². The third-order valence-corrected chi connectivity index (χ3v) is 5.52. The van der Waals surface area contributed by atoms with Gasteiger partial charge in [0.15, 0.2) is 0 Å². The van der Waals surface area contributed by atoms with Crippen LogP contribution in [0.25, 0.3) is 0 Å². The molecule has 5 atom stereocenters. The highest BCUT2D eigenvalue weighted by atomic mass is 16.3. The monoisotopic (exact) mass is 250 g/mol. The predicted octanol–water partition coefficient (Wildman–Crippen LogP) is 0.356. The first-order chi connectivity index (χ1) is 8.72. The van der Waals surface area contributed by atoms with Crippen LogP contribution < -0.4 is 5.32 Å². The first kappa shape index (κ1) is 11.2. The Hall–Kier alpha value is -0.610. The molecule has 1 heterocycles. The average molecular weight is 250 g/mol. The number of likely N-dealkylation sites (tertiary alicyclic amines) is 1. The van der Waals surface area contributed by atoms with E-state index < -0.39 is 0 Å². The summed E-state index contributed by atoms with van der Waals surface area (Å²) in [7, 11) is 0. The van der Waals surface area contributed by atoms with Gasteiger partial charge in [-0.25, -0.2) is 0 Å². The third kappa shape index (κ3) is 1.69. The molecule has 4 nitrogen and oxygen atoms in total. The van der Waals surface area contributed by atoms with Gasteiger partial charge in [-0.3, -0.25) is 9.69 Å². The highest BCUT2D eigenvalue weighted by Crippen LogP contribution is 2.54. The molecule has 0 aromatic heterocycles. The molecule has 0 radical (unpaired) electrons. The lowest BCUT2D eigenvalue weighted by Crippen LogP contribution is -2.42. The van der Waals surface area contributed by atoms with Gasteiger partial charge in [0.25, 0.3) is 0 Å². The molecule has 3 saturated carbocycles. The van der Waals surface area contributed by atoms with Crippen LogP contribution in [0, 0.1) is 17.8 Å². The maximum Gasteiger partial charge on any atom is 0.221 e. The Kier molecular flexibility index (Phi) is 2.46. The zero-order valence-corrected chi connectivity index (χ0v) is 10.7. The minimum atomic E-state index is -0.125. The molecule has 1 aliphatic heterocycles. The summed E-state index contributed by atoms with van der Waals surface area (Å²) in [6.07, 6.45) is 5.23. The van der Waals surface area contributed by atoms with Crippen LogP contribution in [0.4, 0.5) is 0 Å². The zero-order chi connectivity index (χ0) is 12.3. The van der Waals surface area contributed by atoms with Gasteiger partial charge in [-0.1, -0.05) is 0 Å². The Bertz CT molecular complexity index is 367. The molecule has 0 spiro atoms. The van der Waals surface area contributed by atoms with Crippen LogP contribution >= 0.6 is 0 Å². The van der Waals surface area contributed by atoms with E-state index in [0.717, 1.165) is 37.8 Å². The molecule has 4 heteroatoms. The summed E-state index contributed by atoms with van der Waals surface area (Å²) < 4.78 is 0. The van der Waals surface area contributed by atoms with Crippen LogP contribution in [0.2, 0.25) is 0 Å². The molecular formula is C14H22N2O2. The van der Waals surface area contributed by atoms with E-state index in [9.17, 15) is 9.90 Å². The Morgan fingerprint density at radius 1 is 1.28 bits per heavy atom. The van der Waals surface area contributed by atoms with E-state index >= 15 is 0 Å². The number of aliphatic hydroxyl groups excluding tert-OH is 1. The summed E-state index contributed by atoms with van der Waals surface area (Å²) in [5.74, 6) is 2.27. The number of nitrogens with zero attached hydrogens (tertiary/aromatic N) is 1. The quantitative estimate of drug-likeness (QED) is 0.757. The van der Waals surface area contributed by atoms with Crippen molar-refractivity contribution in [3.63, 3.8) is 0 Å². The normalized spacial score (nSPS) is 45.7. The van der Waals surface area contributed by atoms with Gasteiger partial charge in [0.2, 0.25) is 5.91 Å². The summed E-state index contributed by atoms with van der Waals surface area (Å²) >= 11 is 0. The summed E-state index contributed by atoms with van der Waals surface area (Å²) in [5, 5.41) is 13.3. The minimum absolute atomic E-state index is 0.125. The molecule has 100 valence electrons. The summed E-state index contributed by atoms with van der Waals surface area (Å²) in [6, 6.07) is 0.830. The lowest BCUT2D eigenvalue weighted by molar-refractivity contribution is -0.121. The van der Waals surface area contributed by atoms with Gasteiger partial charge in [0.1, 0.15) is 0 Å². The molecule has 0 aromatic rings. The van der Waals surface area contributed by atoms with Gasteiger partial charge in [0, 0.05) is 31.6 Å². The van der Waals surface area contributed by atoms with E-state index in [1.165, 1.54) is 12.8 Å². The Morgan fingerprint density at radius 2 is 2.11 bits per heavy atom. The molecule has 5 unspecified atom stereocenters. The Morgan fingerprint density at radius 3 is 2.83 bits per heavy atom. The van der Waals surface area contributed by atoms with Gasteiger partial charge in [0.05, 0.1) is 6.10 Å². The highest BCUT2D eigenvalue weighted by molar-refractivity contribution is 5.76. The Balaban J connectivity index is 1.34. The molecule has 1 saturated heterocycles. The predicted molar refractivity (Wildman–Crippen MR) is 66.9 cm³/mol. The maximum atomic E-state index is 11.7. The van der Waals surface area contributed by atoms with Crippen molar-refractivity contribution < 1.29 is 9.90 Å². The average Bonchev–Trinajstić information content (AvgIpc) is 2.86. The molecule has 18 heavy (non-hydrogen) atoms. The molecule has 0 aromatic carbocycles. The number of hydrogen-bond donors (Lipinski definition) is 2. The van der Waals surface area contributed by atoms with Crippen LogP contribution in [0.5, 0.6) is 0 Å². The van der Waals surface area contributed by atoms with Crippen molar-refractivity contribution in [1.29, 1.82) is 0 Å². The van der Waals surface area contributed by atoms with Crippen LogP contribution in [0.1, 0.15) is 32.1 Å². The van der Waals surface area contributed by atoms with E-state index in [1.807, 2.05) is 0 Å². The van der Waals surface area contributed by atoms with Crippen molar-refractivity contribution in [3.05, 3.63) is 0 Å². The second kappa shape index (κ2) is 3.94. The van der Waals surface area contributed by atoms with Gasteiger partial charge >= 0.3 is 0 Å². The summed E-state index contributed by atoms with van der Waals surface area (Å²) in [4.78, 5) is 14.1. The van der Waals surface area contributed by atoms with E-state index in [2.05, 4.69) is 10.2 Å². The van der Waals surface area contributed by atoms with Crippen molar-refractivity contribution in [2.45, 2.75) is 50.3 Å². The maximum absolute atomic E-state index is 11.7. The topological polar surface area (TPSA) is 52.6 Å². The first-order valence-electron chi connectivity index (χ1n) is 7.44. The number of rotatable bonds is 4. The number of amides is 1. The van der Waals surface area contributed by atoms with Gasteiger partial charge in [-0.05, 0) is 43.4 Å². The molecule has 4 aliphatic rings. The number of hydrogen-bond acceptors (Lipinski definition) is 3. The number of aliphatic hydroxyl groups is 1. The van der Waals surface area contributed by atoms with Crippen LogP contribution in [0.15, 0.2) is 0 Å². The van der Waals surface area contributed by atoms with Gasteiger partial charge in [-0.2, -0.15) is 0 Å². The first-order valence-corrected chi connectivity index (χ1v) is 7.44.